The summed E-state index contributed by atoms with van der Waals surface area (Å²) in [7, 11) is 0. The van der Waals surface area contributed by atoms with Crippen LogP contribution in [-0.4, -0.2) is 23.9 Å². The Bertz CT molecular complexity index is 480. The number of ether oxygens (including phenoxy) is 1. The predicted octanol–water partition coefficient (Wildman–Crippen LogP) is 1.49. The lowest BCUT2D eigenvalue weighted by Crippen LogP contribution is -2.07. The lowest BCUT2D eigenvalue weighted by molar-refractivity contribution is -0.117. The lowest BCUT2D eigenvalue weighted by atomic mass is 10.1. The zero-order valence-electron chi connectivity index (χ0n) is 10.1. The molecule has 18 heavy (non-hydrogen) atoms. The first kappa shape index (κ1) is 13.8. The molecule has 96 valence electrons. The van der Waals surface area contributed by atoms with E-state index in [1.807, 2.05) is 0 Å². The summed E-state index contributed by atoms with van der Waals surface area (Å²) in [5.41, 5.74) is 5.79. The zero-order valence-corrected chi connectivity index (χ0v) is 10.1. The number of nitrogens with two attached hydrogens (primary N) is 1. The topological polar surface area (TPSA) is 89.6 Å². The summed E-state index contributed by atoms with van der Waals surface area (Å²) >= 11 is 0. The van der Waals surface area contributed by atoms with Crippen molar-refractivity contribution in [3.63, 3.8) is 0 Å². The highest BCUT2D eigenvalue weighted by Gasteiger charge is 2.08. The average molecular weight is 249 g/mol. The number of carbonyl (C=O) groups is 2. The zero-order chi connectivity index (χ0) is 13.5. The van der Waals surface area contributed by atoms with E-state index in [0.717, 1.165) is 0 Å². The van der Waals surface area contributed by atoms with E-state index in [1.165, 1.54) is 24.3 Å². The first-order chi connectivity index (χ1) is 8.58. The highest BCUT2D eigenvalue weighted by molar-refractivity contribution is 5.81. The Hall–Kier alpha value is -2.30. The number of carbonyl (C=O) groups excluding carboxylic acids is 2. The highest BCUT2D eigenvalue weighted by Crippen LogP contribution is 2.32. The van der Waals surface area contributed by atoms with Crippen molar-refractivity contribution in [1.29, 1.82) is 0 Å². The van der Waals surface area contributed by atoms with Gasteiger partial charge in [0, 0.05) is 17.5 Å². The van der Waals surface area contributed by atoms with E-state index in [9.17, 15) is 14.7 Å². The summed E-state index contributed by atoms with van der Waals surface area (Å²) in [6.45, 7) is 2.15. The fourth-order valence-corrected chi connectivity index (χ4v) is 1.41. The third-order valence-electron chi connectivity index (χ3n) is 2.18. The van der Waals surface area contributed by atoms with Crippen LogP contribution in [0.2, 0.25) is 0 Å². The molecule has 0 fully saturated rings. The van der Waals surface area contributed by atoms with E-state index in [4.69, 9.17) is 10.5 Å². The van der Waals surface area contributed by atoms with Crippen molar-refractivity contribution < 1.29 is 19.4 Å². The van der Waals surface area contributed by atoms with Gasteiger partial charge in [-0.05, 0) is 19.1 Å². The number of rotatable bonds is 6. The van der Waals surface area contributed by atoms with Crippen molar-refractivity contribution in [3.8, 4) is 11.5 Å². The van der Waals surface area contributed by atoms with Crippen LogP contribution in [0.4, 0.5) is 0 Å². The molecule has 0 aliphatic heterocycles. The number of aldehydes is 1. The Balaban J connectivity index is 3.08. The minimum atomic E-state index is -0.470. The number of aromatic hydroxyl groups is 1. The maximum atomic E-state index is 10.8. The molecule has 0 heterocycles. The molecule has 0 aliphatic carbocycles. The van der Waals surface area contributed by atoms with Crippen LogP contribution in [0.15, 0.2) is 18.2 Å². The Kier molecular flexibility index (Phi) is 4.92. The number of amides is 1. The van der Waals surface area contributed by atoms with Crippen molar-refractivity contribution in [2.75, 3.05) is 6.61 Å². The predicted molar refractivity (Wildman–Crippen MR) is 67.5 cm³/mol. The second-order valence-electron chi connectivity index (χ2n) is 3.58. The van der Waals surface area contributed by atoms with Gasteiger partial charge in [0.2, 0.25) is 5.91 Å². The van der Waals surface area contributed by atoms with Crippen molar-refractivity contribution in [3.05, 3.63) is 29.3 Å². The molecule has 0 aromatic heterocycles. The van der Waals surface area contributed by atoms with Crippen molar-refractivity contribution in [2.45, 2.75) is 13.3 Å². The van der Waals surface area contributed by atoms with Gasteiger partial charge in [0.05, 0.1) is 6.61 Å². The average Bonchev–Trinajstić information content (AvgIpc) is 2.33. The normalized spacial score (nSPS) is 10.5. The molecule has 0 saturated heterocycles. The quantitative estimate of drug-likeness (QED) is 0.747. The maximum Gasteiger partial charge on any atom is 0.221 e. The molecule has 0 radical (unpaired) electrons. The van der Waals surface area contributed by atoms with Gasteiger partial charge in [0.1, 0.15) is 6.29 Å². The molecule has 0 bridgehead atoms. The van der Waals surface area contributed by atoms with Crippen molar-refractivity contribution >= 4 is 18.3 Å². The van der Waals surface area contributed by atoms with E-state index < -0.39 is 5.91 Å². The summed E-state index contributed by atoms with van der Waals surface area (Å²) < 4.78 is 5.21. The molecule has 1 rings (SSSR count). The minimum absolute atomic E-state index is 0.0642. The highest BCUT2D eigenvalue weighted by atomic mass is 16.5. The van der Waals surface area contributed by atoms with E-state index >= 15 is 0 Å². The van der Waals surface area contributed by atoms with E-state index in [-0.39, 0.29) is 17.9 Å². The Morgan fingerprint density at radius 2 is 2.22 bits per heavy atom. The number of phenols is 1. The van der Waals surface area contributed by atoms with Crippen molar-refractivity contribution in [1.82, 2.24) is 0 Å². The Labute approximate surface area is 105 Å². The van der Waals surface area contributed by atoms with Crippen LogP contribution in [0, 0.1) is 0 Å². The molecule has 1 aromatic carbocycles. The van der Waals surface area contributed by atoms with Crippen molar-refractivity contribution in [2.24, 2.45) is 5.73 Å². The van der Waals surface area contributed by atoms with Crippen LogP contribution in [0.5, 0.6) is 11.5 Å². The lowest BCUT2D eigenvalue weighted by Gasteiger charge is -2.09. The Morgan fingerprint density at radius 3 is 2.78 bits per heavy atom. The molecule has 0 aliphatic rings. The smallest absolute Gasteiger partial charge is 0.221 e. The van der Waals surface area contributed by atoms with Crippen LogP contribution in [0.1, 0.15) is 29.3 Å². The third kappa shape index (κ3) is 3.62. The third-order valence-corrected chi connectivity index (χ3v) is 2.18. The molecular weight excluding hydrogens is 234 g/mol. The molecule has 3 N–H and O–H groups in total. The molecule has 1 aromatic rings. The number of benzene rings is 1. The van der Waals surface area contributed by atoms with Crippen LogP contribution in [0.25, 0.3) is 6.08 Å². The molecule has 5 nitrogen and oxygen atoms in total. The van der Waals surface area contributed by atoms with E-state index in [1.54, 1.807) is 6.92 Å². The summed E-state index contributed by atoms with van der Waals surface area (Å²) in [6.07, 6.45) is 3.76. The van der Waals surface area contributed by atoms with Gasteiger partial charge in [-0.1, -0.05) is 12.2 Å². The molecular formula is C13H15NO4. The van der Waals surface area contributed by atoms with Crippen LogP contribution < -0.4 is 10.5 Å². The fraction of sp³-hybridized carbons (Fsp3) is 0.231. The number of hydrogen-bond donors (Lipinski definition) is 2. The SMILES string of the molecule is CCOc1cc(C=O)cc(C=CCC(N)=O)c1O. The second kappa shape index (κ2) is 6.44. The first-order valence-corrected chi connectivity index (χ1v) is 5.48. The van der Waals surface area contributed by atoms with Gasteiger partial charge in [-0.2, -0.15) is 0 Å². The van der Waals surface area contributed by atoms with Crippen LogP contribution in [-0.2, 0) is 4.79 Å². The van der Waals surface area contributed by atoms with E-state index in [0.29, 0.717) is 24.0 Å². The monoisotopic (exact) mass is 249 g/mol. The molecule has 0 atom stereocenters. The maximum absolute atomic E-state index is 10.8. The molecule has 1 amide bonds. The van der Waals surface area contributed by atoms with Gasteiger partial charge in [-0.25, -0.2) is 0 Å². The molecule has 0 spiro atoms. The standard InChI is InChI=1S/C13H15NO4/c1-2-18-11-7-9(8-15)6-10(13(11)17)4-3-5-12(14)16/h3-4,6-8,17H,2,5H2,1H3,(H2,14,16). The Morgan fingerprint density at radius 1 is 1.50 bits per heavy atom. The molecule has 0 saturated carbocycles. The number of hydrogen-bond acceptors (Lipinski definition) is 4. The summed E-state index contributed by atoms with van der Waals surface area (Å²) in [5, 5.41) is 9.90. The fourth-order valence-electron chi connectivity index (χ4n) is 1.41. The van der Waals surface area contributed by atoms with E-state index in [2.05, 4.69) is 0 Å². The second-order valence-corrected chi connectivity index (χ2v) is 3.58. The minimum Gasteiger partial charge on any atom is -0.504 e. The number of phenolic OH excluding ortho intramolecular Hbond substituents is 1. The van der Waals surface area contributed by atoms with Gasteiger partial charge in [-0.3, -0.25) is 9.59 Å². The summed E-state index contributed by atoms with van der Waals surface area (Å²) in [6, 6.07) is 2.96. The molecule has 0 unspecified atom stereocenters. The van der Waals surface area contributed by atoms with Gasteiger partial charge in [0.15, 0.2) is 11.5 Å². The number of primary amides is 1. The van der Waals surface area contributed by atoms with Crippen LogP contribution >= 0.6 is 0 Å². The summed E-state index contributed by atoms with van der Waals surface area (Å²) in [5.74, 6) is -0.300. The van der Waals surface area contributed by atoms with Gasteiger partial charge >= 0.3 is 0 Å². The largest absolute Gasteiger partial charge is 0.504 e. The van der Waals surface area contributed by atoms with Crippen LogP contribution in [0.3, 0.4) is 0 Å². The van der Waals surface area contributed by atoms with Gasteiger partial charge in [0.25, 0.3) is 0 Å². The first-order valence-electron chi connectivity index (χ1n) is 5.48. The van der Waals surface area contributed by atoms with Gasteiger partial charge in [-0.15, -0.1) is 0 Å². The summed E-state index contributed by atoms with van der Waals surface area (Å²) in [4.78, 5) is 21.4. The molecule has 5 heteroatoms. The van der Waals surface area contributed by atoms with Gasteiger partial charge < -0.3 is 15.6 Å².